The highest BCUT2D eigenvalue weighted by atomic mass is 32.1. The van der Waals surface area contributed by atoms with Gasteiger partial charge in [0.05, 0.1) is 6.67 Å². The van der Waals surface area contributed by atoms with Crippen molar-refractivity contribution in [3.63, 3.8) is 0 Å². The van der Waals surface area contributed by atoms with Crippen molar-refractivity contribution in [3.05, 3.63) is 23.3 Å². The molecule has 4 nitrogen and oxygen atoms in total. The third kappa shape index (κ3) is 4.53. The van der Waals surface area contributed by atoms with Crippen molar-refractivity contribution >= 4 is 12.2 Å². The lowest BCUT2D eigenvalue weighted by Gasteiger charge is -2.25. The van der Waals surface area contributed by atoms with Crippen LogP contribution < -0.4 is 0 Å². The zero-order valence-corrected chi connectivity index (χ0v) is 15.3. The summed E-state index contributed by atoms with van der Waals surface area (Å²) in [5.74, 6) is 3.04. The second kappa shape index (κ2) is 7.55. The van der Waals surface area contributed by atoms with Crippen LogP contribution in [0.5, 0.6) is 0 Å². The topological polar surface area (TPSA) is 26.0 Å². The van der Waals surface area contributed by atoms with Gasteiger partial charge < -0.3 is 0 Å². The normalized spacial score (nSPS) is 15.2. The highest BCUT2D eigenvalue weighted by Gasteiger charge is 2.30. The Hall–Kier alpha value is -0.940. The summed E-state index contributed by atoms with van der Waals surface area (Å²) >= 11 is 5.66. The summed E-state index contributed by atoms with van der Waals surface area (Å²) in [5.41, 5.74) is 0. The lowest BCUT2D eigenvalue weighted by atomic mass is 10.1. The second-order valence-electron chi connectivity index (χ2n) is 7.28. The lowest BCUT2D eigenvalue weighted by Crippen LogP contribution is -2.33. The number of allylic oxidation sites excluding steroid dienone is 1. The maximum atomic E-state index is 5.66. The number of hydrogen-bond donors (Lipinski definition) is 0. The molecule has 22 heavy (non-hydrogen) atoms. The van der Waals surface area contributed by atoms with Gasteiger partial charge in [0.25, 0.3) is 0 Å². The third-order valence-electron chi connectivity index (χ3n) is 3.79. The molecule has 0 aliphatic heterocycles. The molecule has 0 amide bonds. The zero-order chi connectivity index (χ0) is 16.3. The van der Waals surface area contributed by atoms with E-state index >= 15 is 0 Å². The van der Waals surface area contributed by atoms with E-state index in [9.17, 15) is 0 Å². The molecule has 0 bridgehead atoms. The minimum Gasteiger partial charge on any atom is -0.300 e. The van der Waals surface area contributed by atoms with Crippen LogP contribution in [0.25, 0.3) is 0 Å². The summed E-state index contributed by atoms with van der Waals surface area (Å²) in [7, 11) is 0. The minimum absolute atomic E-state index is 0.603. The molecule has 1 aromatic heterocycles. The molecule has 1 aliphatic carbocycles. The number of aromatic nitrogens is 3. The van der Waals surface area contributed by atoms with Crippen LogP contribution in [0.2, 0.25) is 0 Å². The summed E-state index contributed by atoms with van der Waals surface area (Å²) in [6.07, 6.45) is 4.39. The minimum atomic E-state index is 0.603. The predicted octanol–water partition coefficient (Wildman–Crippen LogP) is 4.05. The first-order chi connectivity index (χ1) is 10.4. The average Bonchev–Trinajstić information content (AvgIpc) is 3.19. The molecule has 0 spiro atoms. The van der Waals surface area contributed by atoms with Crippen molar-refractivity contribution in [3.8, 4) is 0 Å². The van der Waals surface area contributed by atoms with Gasteiger partial charge in [-0.2, -0.15) is 5.10 Å². The molecule has 0 N–H and O–H groups in total. The summed E-state index contributed by atoms with van der Waals surface area (Å²) in [6, 6.07) is 0. The first kappa shape index (κ1) is 17.4. The smallest absolute Gasteiger partial charge is 0.199 e. The monoisotopic (exact) mass is 322 g/mol. The van der Waals surface area contributed by atoms with E-state index in [0.717, 1.165) is 36.9 Å². The van der Waals surface area contributed by atoms with Gasteiger partial charge in [-0.05, 0) is 36.9 Å². The van der Waals surface area contributed by atoms with Gasteiger partial charge >= 0.3 is 0 Å². The number of nitrogens with zero attached hydrogens (tertiary/aromatic N) is 4. The molecule has 0 aromatic carbocycles. The highest BCUT2D eigenvalue weighted by molar-refractivity contribution is 7.71. The number of hydrogen-bond acceptors (Lipinski definition) is 3. The summed E-state index contributed by atoms with van der Waals surface area (Å²) in [6.45, 7) is 16.6. The van der Waals surface area contributed by atoms with Crippen LogP contribution in [0.1, 0.15) is 52.3 Å². The molecule has 1 saturated carbocycles. The van der Waals surface area contributed by atoms with Crippen LogP contribution in [0.4, 0.5) is 0 Å². The van der Waals surface area contributed by atoms with E-state index < -0.39 is 0 Å². The summed E-state index contributed by atoms with van der Waals surface area (Å²) in [4.78, 5) is 2.47. The van der Waals surface area contributed by atoms with Crippen molar-refractivity contribution in [1.29, 1.82) is 0 Å². The molecule has 1 aliphatic rings. The molecule has 0 radical (unpaired) electrons. The van der Waals surface area contributed by atoms with Crippen molar-refractivity contribution in [2.45, 2.75) is 59.7 Å². The van der Waals surface area contributed by atoms with Gasteiger partial charge in [-0.25, -0.2) is 4.68 Å². The maximum absolute atomic E-state index is 5.66. The van der Waals surface area contributed by atoms with E-state index in [-0.39, 0.29) is 0 Å². The molecule has 2 rings (SSSR count). The van der Waals surface area contributed by atoms with Gasteiger partial charge in [-0.1, -0.05) is 33.8 Å². The van der Waals surface area contributed by atoms with Gasteiger partial charge in [0, 0.05) is 25.6 Å². The van der Waals surface area contributed by atoms with Crippen molar-refractivity contribution in [1.82, 2.24) is 19.2 Å². The molecule has 0 atom stereocenters. The Balaban J connectivity index is 2.20. The van der Waals surface area contributed by atoms with Crippen LogP contribution in [0.15, 0.2) is 12.7 Å². The van der Waals surface area contributed by atoms with Crippen molar-refractivity contribution in [2.24, 2.45) is 11.8 Å². The standard InChI is InChI=1S/C17H30N4S/c1-6-9-20-16(15-7-8-15)18-21(17(20)22)12-19(10-13(2)3)11-14(4)5/h6,13-15H,1,7-12H2,2-5H3. The van der Waals surface area contributed by atoms with E-state index in [1.165, 1.54) is 12.8 Å². The maximum Gasteiger partial charge on any atom is 0.199 e. The average molecular weight is 323 g/mol. The first-order valence-corrected chi connectivity index (χ1v) is 8.84. The van der Waals surface area contributed by atoms with Crippen LogP contribution in [0.3, 0.4) is 0 Å². The zero-order valence-electron chi connectivity index (χ0n) is 14.5. The van der Waals surface area contributed by atoms with Gasteiger partial charge in [0.15, 0.2) is 4.77 Å². The largest absolute Gasteiger partial charge is 0.300 e. The van der Waals surface area contributed by atoms with Crippen LogP contribution >= 0.6 is 12.2 Å². The van der Waals surface area contributed by atoms with E-state index in [1.807, 2.05) is 10.8 Å². The molecule has 5 heteroatoms. The Morgan fingerprint density at radius 1 is 1.27 bits per heavy atom. The molecule has 124 valence electrons. The fraction of sp³-hybridized carbons (Fsp3) is 0.765. The fourth-order valence-electron chi connectivity index (χ4n) is 2.91. The number of rotatable bonds is 9. The Bertz CT molecular complexity index is 541. The molecule has 1 fully saturated rings. The van der Waals surface area contributed by atoms with Crippen molar-refractivity contribution < 1.29 is 0 Å². The predicted molar refractivity (Wildman–Crippen MR) is 94.5 cm³/mol. The highest BCUT2D eigenvalue weighted by Crippen LogP contribution is 2.39. The molecular weight excluding hydrogens is 292 g/mol. The fourth-order valence-corrected chi connectivity index (χ4v) is 3.17. The van der Waals surface area contributed by atoms with Gasteiger partial charge in [-0.15, -0.1) is 6.58 Å². The van der Waals surface area contributed by atoms with Crippen molar-refractivity contribution in [2.75, 3.05) is 13.1 Å². The van der Waals surface area contributed by atoms with Gasteiger partial charge in [-0.3, -0.25) is 9.47 Å². The second-order valence-corrected chi connectivity index (χ2v) is 7.64. The van der Waals surface area contributed by atoms with Gasteiger partial charge in [0.2, 0.25) is 0 Å². The Labute approximate surface area is 139 Å². The Morgan fingerprint density at radius 2 is 1.86 bits per heavy atom. The molecular formula is C17H30N4S. The molecule has 1 aromatic rings. The Kier molecular flexibility index (Phi) is 5.98. The van der Waals surface area contributed by atoms with Gasteiger partial charge in [0.1, 0.15) is 5.82 Å². The van der Waals surface area contributed by atoms with Crippen LogP contribution in [-0.2, 0) is 13.2 Å². The van der Waals surface area contributed by atoms with Crippen LogP contribution in [0, 0.1) is 16.6 Å². The molecule has 0 saturated heterocycles. The SMILES string of the molecule is C=CCn1c(C2CC2)nn(CN(CC(C)C)CC(C)C)c1=S. The van der Waals surface area contributed by atoms with E-state index in [1.54, 1.807) is 0 Å². The quantitative estimate of drug-likeness (QED) is 0.507. The third-order valence-corrected chi connectivity index (χ3v) is 4.22. The lowest BCUT2D eigenvalue weighted by molar-refractivity contribution is 0.164. The molecule has 0 unspecified atom stereocenters. The summed E-state index contributed by atoms with van der Waals surface area (Å²) in [5, 5.41) is 4.83. The van der Waals surface area contributed by atoms with E-state index in [0.29, 0.717) is 17.8 Å². The van der Waals surface area contributed by atoms with E-state index in [4.69, 9.17) is 17.3 Å². The van der Waals surface area contributed by atoms with Crippen LogP contribution in [-0.4, -0.2) is 32.3 Å². The molecule has 1 heterocycles. The Morgan fingerprint density at radius 3 is 2.32 bits per heavy atom. The summed E-state index contributed by atoms with van der Waals surface area (Å²) < 4.78 is 5.00. The van der Waals surface area contributed by atoms with E-state index in [2.05, 4.69) is 43.7 Å². The first-order valence-electron chi connectivity index (χ1n) is 8.43.